The zero-order chi connectivity index (χ0) is 16.3. The summed E-state index contributed by atoms with van der Waals surface area (Å²) in [5, 5.41) is 4.19. The van der Waals surface area contributed by atoms with E-state index in [1.807, 2.05) is 0 Å². The van der Waals surface area contributed by atoms with Gasteiger partial charge in [0.05, 0.1) is 0 Å². The Morgan fingerprint density at radius 3 is 0.957 bits per heavy atom. The number of benzene rings is 3. The van der Waals surface area contributed by atoms with Crippen LogP contribution in [0.3, 0.4) is 0 Å². The molecule has 0 aliphatic carbocycles. The van der Waals surface area contributed by atoms with Crippen molar-refractivity contribution in [1.29, 1.82) is 0 Å². The van der Waals surface area contributed by atoms with Crippen LogP contribution in [-0.2, 0) is 0 Å². The lowest BCUT2D eigenvalue weighted by molar-refractivity contribution is 0.886. The van der Waals surface area contributed by atoms with Gasteiger partial charge in [0.2, 0.25) is 0 Å². The van der Waals surface area contributed by atoms with Crippen molar-refractivity contribution in [3.8, 4) is 0 Å². The Morgan fingerprint density at radius 1 is 0.478 bits per heavy atom. The van der Waals surface area contributed by atoms with Crippen molar-refractivity contribution >= 4 is 23.8 Å². The smallest absolute Gasteiger partial charge is 0.0134 e. The Morgan fingerprint density at radius 2 is 0.739 bits per heavy atom. The maximum atomic E-state index is 2.23. The van der Waals surface area contributed by atoms with Gasteiger partial charge in [-0.2, -0.15) is 0 Å². The van der Waals surface area contributed by atoms with E-state index in [-0.39, 0.29) is 0 Å². The maximum Gasteiger partial charge on any atom is -0.0134 e. The first-order valence-electron chi connectivity index (χ1n) is 8.32. The molecule has 0 spiro atoms. The van der Waals surface area contributed by atoms with Gasteiger partial charge in [-0.3, -0.25) is 0 Å². The molecule has 0 unspecified atom stereocenters. The summed E-state index contributed by atoms with van der Waals surface area (Å²) in [6.07, 6.45) is 2.64. The van der Waals surface area contributed by atoms with E-state index < -0.39 is 7.92 Å². The third-order valence-corrected chi connectivity index (χ3v) is 5.99. The second-order valence-corrected chi connectivity index (χ2v) is 7.56. The average Bonchev–Trinajstić information content (AvgIpc) is 2.65. The molecule has 118 valence electrons. The van der Waals surface area contributed by atoms with Crippen LogP contribution >= 0.6 is 7.92 Å². The molecule has 0 N–H and O–H groups in total. The van der Waals surface area contributed by atoms with Crippen LogP contribution < -0.4 is 15.9 Å². The molecular formula is C22H25P. The molecule has 0 heterocycles. The molecule has 23 heavy (non-hydrogen) atoms. The van der Waals surface area contributed by atoms with E-state index in [1.165, 1.54) is 28.8 Å². The first-order chi connectivity index (χ1) is 11.4. The van der Waals surface area contributed by atoms with Crippen LogP contribution in [0.4, 0.5) is 0 Å². The van der Waals surface area contributed by atoms with E-state index in [2.05, 4.69) is 105 Å². The molecule has 0 aliphatic rings. The Balaban J connectivity index is 0.000000433. The molecule has 3 aromatic carbocycles. The van der Waals surface area contributed by atoms with Gasteiger partial charge in [-0.25, -0.2) is 0 Å². The van der Waals surface area contributed by atoms with Gasteiger partial charge in [0.1, 0.15) is 0 Å². The molecule has 3 aromatic rings. The van der Waals surface area contributed by atoms with Crippen LogP contribution in [0.1, 0.15) is 26.7 Å². The molecule has 0 saturated heterocycles. The van der Waals surface area contributed by atoms with Crippen LogP contribution in [0, 0.1) is 0 Å². The summed E-state index contributed by atoms with van der Waals surface area (Å²) in [5.74, 6) is 0. The van der Waals surface area contributed by atoms with E-state index in [1.54, 1.807) is 0 Å². The average molecular weight is 320 g/mol. The summed E-state index contributed by atoms with van der Waals surface area (Å²) in [4.78, 5) is 0. The molecule has 0 amide bonds. The van der Waals surface area contributed by atoms with Crippen LogP contribution in [0.15, 0.2) is 91.0 Å². The molecule has 0 saturated carbocycles. The third kappa shape index (κ3) is 5.34. The topological polar surface area (TPSA) is 0 Å². The van der Waals surface area contributed by atoms with Gasteiger partial charge in [-0.05, 0) is 23.8 Å². The van der Waals surface area contributed by atoms with Crippen LogP contribution in [0.5, 0.6) is 0 Å². The molecule has 0 aliphatic heterocycles. The minimum atomic E-state index is -0.446. The zero-order valence-corrected chi connectivity index (χ0v) is 14.9. The Hall–Kier alpha value is -1.91. The Kier molecular flexibility index (Phi) is 7.57. The summed E-state index contributed by atoms with van der Waals surface area (Å²) in [5.41, 5.74) is 0. The lowest BCUT2D eigenvalue weighted by Gasteiger charge is -2.18. The van der Waals surface area contributed by atoms with Gasteiger partial charge in [-0.1, -0.05) is 118 Å². The van der Waals surface area contributed by atoms with E-state index in [0.29, 0.717) is 0 Å². The predicted octanol–water partition coefficient (Wildman–Crippen LogP) is 5.25. The van der Waals surface area contributed by atoms with Crippen LogP contribution in [0.25, 0.3) is 0 Å². The van der Waals surface area contributed by atoms with Gasteiger partial charge in [0, 0.05) is 0 Å². The minimum absolute atomic E-state index is 0.446. The summed E-state index contributed by atoms with van der Waals surface area (Å²) in [7, 11) is -0.446. The molecule has 3 rings (SSSR count). The van der Waals surface area contributed by atoms with Gasteiger partial charge in [0.25, 0.3) is 0 Å². The summed E-state index contributed by atoms with van der Waals surface area (Å²) in [6.45, 7) is 4.36. The minimum Gasteiger partial charge on any atom is -0.0654 e. The number of rotatable bonds is 4. The van der Waals surface area contributed by atoms with E-state index in [9.17, 15) is 0 Å². The first-order valence-corrected chi connectivity index (χ1v) is 9.66. The Bertz CT molecular complexity index is 551. The second-order valence-electron chi connectivity index (χ2n) is 5.34. The standard InChI is InChI=1S/C18H15P.C4H10/c1-4-10-16(11-5-1)19(17-12-6-2-7-13-17)18-14-8-3-9-15-18;1-3-4-2/h1-15H;3-4H2,1-2H3. The molecular weight excluding hydrogens is 295 g/mol. The fourth-order valence-corrected chi connectivity index (χ4v) is 4.48. The highest BCUT2D eigenvalue weighted by molar-refractivity contribution is 7.79. The van der Waals surface area contributed by atoms with Gasteiger partial charge in [-0.15, -0.1) is 0 Å². The molecule has 0 aromatic heterocycles. The lowest BCUT2D eigenvalue weighted by Crippen LogP contribution is -2.20. The lowest BCUT2D eigenvalue weighted by atomic mass is 10.4. The largest absolute Gasteiger partial charge is 0.0654 e. The molecule has 0 bridgehead atoms. The monoisotopic (exact) mass is 320 g/mol. The third-order valence-electron chi connectivity index (χ3n) is 3.54. The van der Waals surface area contributed by atoms with Crippen LogP contribution in [0.2, 0.25) is 0 Å². The first kappa shape index (κ1) is 17.4. The molecule has 0 nitrogen and oxygen atoms in total. The van der Waals surface area contributed by atoms with Crippen molar-refractivity contribution in [2.24, 2.45) is 0 Å². The van der Waals surface area contributed by atoms with E-state index in [0.717, 1.165) is 0 Å². The molecule has 0 atom stereocenters. The van der Waals surface area contributed by atoms with Crippen molar-refractivity contribution in [2.75, 3.05) is 0 Å². The summed E-state index contributed by atoms with van der Waals surface area (Å²) in [6, 6.07) is 32.3. The van der Waals surface area contributed by atoms with Gasteiger partial charge >= 0.3 is 0 Å². The Labute approximate surface area is 142 Å². The quantitative estimate of drug-likeness (QED) is 0.576. The van der Waals surface area contributed by atoms with Crippen LogP contribution in [-0.4, -0.2) is 0 Å². The van der Waals surface area contributed by atoms with Crippen molar-refractivity contribution < 1.29 is 0 Å². The normalized spacial score (nSPS) is 10.0. The van der Waals surface area contributed by atoms with Crippen molar-refractivity contribution in [3.63, 3.8) is 0 Å². The van der Waals surface area contributed by atoms with E-state index in [4.69, 9.17) is 0 Å². The summed E-state index contributed by atoms with van der Waals surface area (Å²) >= 11 is 0. The number of hydrogen-bond donors (Lipinski definition) is 0. The predicted molar refractivity (Wildman–Crippen MR) is 106 cm³/mol. The second kappa shape index (κ2) is 9.98. The zero-order valence-electron chi connectivity index (χ0n) is 14.0. The molecule has 0 radical (unpaired) electrons. The maximum absolute atomic E-state index is 2.23. The van der Waals surface area contributed by atoms with Crippen molar-refractivity contribution in [3.05, 3.63) is 91.0 Å². The SMILES string of the molecule is CCCC.c1ccc(P(c2ccccc2)c2ccccc2)cc1. The number of hydrogen-bond acceptors (Lipinski definition) is 0. The highest BCUT2D eigenvalue weighted by Crippen LogP contribution is 2.32. The van der Waals surface area contributed by atoms with Gasteiger partial charge < -0.3 is 0 Å². The van der Waals surface area contributed by atoms with Gasteiger partial charge in [0.15, 0.2) is 0 Å². The number of unbranched alkanes of at least 4 members (excludes halogenated alkanes) is 1. The van der Waals surface area contributed by atoms with E-state index >= 15 is 0 Å². The highest BCUT2D eigenvalue weighted by Gasteiger charge is 2.14. The molecule has 0 fully saturated rings. The fraction of sp³-hybridized carbons (Fsp3) is 0.182. The summed E-state index contributed by atoms with van der Waals surface area (Å²) < 4.78 is 0. The fourth-order valence-electron chi connectivity index (χ4n) is 2.18. The molecule has 1 heteroatoms. The van der Waals surface area contributed by atoms with Crippen molar-refractivity contribution in [2.45, 2.75) is 26.7 Å². The van der Waals surface area contributed by atoms with Crippen molar-refractivity contribution in [1.82, 2.24) is 0 Å². The highest BCUT2D eigenvalue weighted by atomic mass is 31.1.